The van der Waals surface area contributed by atoms with Crippen molar-refractivity contribution in [2.24, 2.45) is 10.9 Å². The molecule has 1 heterocycles. The molecule has 1 aromatic carbocycles. The minimum Gasteiger partial charge on any atom is -0.493 e. The highest BCUT2D eigenvalue weighted by Crippen LogP contribution is 2.22. The normalized spacial score (nSPS) is 17.1. The Kier molecular flexibility index (Phi) is 6.01. The fourth-order valence-electron chi connectivity index (χ4n) is 2.00. The number of benzene rings is 1. The van der Waals surface area contributed by atoms with Gasteiger partial charge >= 0.3 is 0 Å². The minimum atomic E-state index is 0.103. The van der Waals surface area contributed by atoms with E-state index in [-0.39, 0.29) is 5.84 Å². The van der Waals surface area contributed by atoms with Crippen LogP contribution in [0.25, 0.3) is 0 Å². The van der Waals surface area contributed by atoms with Crippen LogP contribution in [-0.2, 0) is 4.74 Å². The van der Waals surface area contributed by atoms with Crippen LogP contribution >= 0.6 is 11.8 Å². The summed E-state index contributed by atoms with van der Waals surface area (Å²) in [6, 6.07) is 7.20. The Morgan fingerprint density at radius 3 is 2.70 bits per heavy atom. The van der Waals surface area contributed by atoms with Crippen molar-refractivity contribution in [1.29, 1.82) is 0 Å². The van der Waals surface area contributed by atoms with E-state index in [1.54, 1.807) is 12.1 Å². The van der Waals surface area contributed by atoms with Crippen LogP contribution in [0.3, 0.4) is 0 Å². The smallest absolute Gasteiger partial charge is 0.170 e. The van der Waals surface area contributed by atoms with Gasteiger partial charge in [0.05, 0.1) is 6.61 Å². The fraction of sp³-hybridized carbons (Fsp3) is 0.500. The summed E-state index contributed by atoms with van der Waals surface area (Å²) in [5.41, 5.74) is 6.17. The molecule has 0 radical (unpaired) electrons. The Balaban J connectivity index is 1.68. The van der Waals surface area contributed by atoms with E-state index in [0.29, 0.717) is 17.4 Å². The summed E-state index contributed by atoms with van der Waals surface area (Å²) in [5.74, 6) is 1.88. The zero-order chi connectivity index (χ0) is 14.2. The third-order valence-electron chi connectivity index (χ3n) is 3.13. The fourth-order valence-corrected chi connectivity index (χ4v) is 3.04. The van der Waals surface area contributed by atoms with E-state index in [9.17, 15) is 0 Å². The van der Waals surface area contributed by atoms with Gasteiger partial charge in [-0.05, 0) is 37.1 Å². The third-order valence-corrected chi connectivity index (χ3v) is 4.48. The van der Waals surface area contributed by atoms with Gasteiger partial charge in [-0.3, -0.25) is 0 Å². The first-order valence-corrected chi connectivity index (χ1v) is 7.74. The van der Waals surface area contributed by atoms with E-state index in [2.05, 4.69) is 5.16 Å². The number of ether oxygens (including phenoxy) is 2. The minimum absolute atomic E-state index is 0.103. The number of thioether (sulfide) groups is 1. The van der Waals surface area contributed by atoms with Crippen molar-refractivity contribution >= 4 is 17.6 Å². The van der Waals surface area contributed by atoms with E-state index in [1.165, 1.54) is 0 Å². The Labute approximate surface area is 123 Å². The second-order valence-electron chi connectivity index (χ2n) is 4.54. The monoisotopic (exact) mass is 296 g/mol. The van der Waals surface area contributed by atoms with Gasteiger partial charge in [-0.2, -0.15) is 11.8 Å². The van der Waals surface area contributed by atoms with Gasteiger partial charge in [-0.1, -0.05) is 5.16 Å². The zero-order valence-corrected chi connectivity index (χ0v) is 12.1. The molecular weight excluding hydrogens is 276 g/mol. The van der Waals surface area contributed by atoms with Gasteiger partial charge in [-0.25, -0.2) is 0 Å². The molecule has 1 aromatic rings. The number of nitrogens with two attached hydrogens (primary N) is 1. The number of hydrogen-bond donors (Lipinski definition) is 2. The number of amidine groups is 1. The van der Waals surface area contributed by atoms with Crippen molar-refractivity contribution in [2.45, 2.75) is 18.1 Å². The summed E-state index contributed by atoms with van der Waals surface area (Å²) < 4.78 is 11.0. The molecule has 1 aliphatic heterocycles. The molecule has 0 aliphatic carbocycles. The van der Waals surface area contributed by atoms with Gasteiger partial charge in [-0.15, -0.1) is 0 Å². The highest BCUT2D eigenvalue weighted by Gasteiger charge is 2.13. The molecule has 3 N–H and O–H groups in total. The first-order chi connectivity index (χ1) is 9.79. The highest BCUT2D eigenvalue weighted by molar-refractivity contribution is 7.99. The van der Waals surface area contributed by atoms with Crippen LogP contribution in [0.15, 0.2) is 29.4 Å². The lowest BCUT2D eigenvalue weighted by molar-refractivity contribution is 0.1000. The van der Waals surface area contributed by atoms with Crippen molar-refractivity contribution in [3.63, 3.8) is 0 Å². The number of rotatable bonds is 6. The lowest BCUT2D eigenvalue weighted by Crippen LogP contribution is -2.18. The molecule has 0 aromatic heterocycles. The third kappa shape index (κ3) is 4.61. The predicted octanol–water partition coefficient (Wildman–Crippen LogP) is 2.07. The zero-order valence-electron chi connectivity index (χ0n) is 11.3. The topological polar surface area (TPSA) is 77.1 Å². The Morgan fingerprint density at radius 2 is 2.05 bits per heavy atom. The maximum atomic E-state index is 8.57. The lowest BCUT2D eigenvalue weighted by atomic mass is 10.2. The molecule has 0 spiro atoms. The molecule has 110 valence electrons. The maximum absolute atomic E-state index is 8.57. The molecule has 1 aliphatic rings. The van der Waals surface area contributed by atoms with Gasteiger partial charge in [0, 0.05) is 29.8 Å². The van der Waals surface area contributed by atoms with E-state index in [1.807, 2.05) is 23.9 Å². The summed E-state index contributed by atoms with van der Waals surface area (Å²) in [6.07, 6.45) is 2.28. The molecule has 0 unspecified atom stereocenters. The first-order valence-electron chi connectivity index (χ1n) is 6.69. The van der Waals surface area contributed by atoms with Gasteiger partial charge in [0.25, 0.3) is 0 Å². The largest absolute Gasteiger partial charge is 0.493 e. The molecule has 2 rings (SSSR count). The maximum Gasteiger partial charge on any atom is 0.170 e. The van der Waals surface area contributed by atoms with Gasteiger partial charge < -0.3 is 20.4 Å². The first kappa shape index (κ1) is 15.0. The van der Waals surface area contributed by atoms with Crippen LogP contribution in [0.5, 0.6) is 5.75 Å². The summed E-state index contributed by atoms with van der Waals surface area (Å²) in [4.78, 5) is 0. The van der Waals surface area contributed by atoms with Crippen molar-refractivity contribution in [3.05, 3.63) is 29.8 Å². The van der Waals surface area contributed by atoms with Gasteiger partial charge in [0.15, 0.2) is 5.84 Å². The van der Waals surface area contributed by atoms with Crippen LogP contribution in [0, 0.1) is 0 Å². The Bertz CT molecular complexity index is 431. The second kappa shape index (κ2) is 8.01. The van der Waals surface area contributed by atoms with E-state index in [0.717, 1.165) is 37.6 Å². The number of nitrogens with zero attached hydrogens (tertiary/aromatic N) is 1. The molecule has 20 heavy (non-hydrogen) atoms. The van der Waals surface area contributed by atoms with Gasteiger partial charge in [0.2, 0.25) is 0 Å². The summed E-state index contributed by atoms with van der Waals surface area (Å²) in [6.45, 7) is 2.45. The number of hydrogen-bond acceptors (Lipinski definition) is 5. The van der Waals surface area contributed by atoms with Crippen molar-refractivity contribution in [2.75, 3.05) is 25.6 Å². The highest BCUT2D eigenvalue weighted by atomic mass is 32.2. The van der Waals surface area contributed by atoms with Crippen LogP contribution in [0.4, 0.5) is 0 Å². The Morgan fingerprint density at radius 1 is 1.35 bits per heavy atom. The average molecular weight is 296 g/mol. The molecule has 0 atom stereocenters. The van der Waals surface area contributed by atoms with Crippen LogP contribution in [0.1, 0.15) is 18.4 Å². The van der Waals surface area contributed by atoms with E-state index >= 15 is 0 Å². The molecule has 0 bridgehead atoms. The molecule has 0 amide bonds. The van der Waals surface area contributed by atoms with Crippen LogP contribution in [0.2, 0.25) is 0 Å². The van der Waals surface area contributed by atoms with Crippen LogP contribution in [-0.4, -0.2) is 41.9 Å². The number of oxime groups is 1. The quantitative estimate of drug-likeness (QED) is 0.276. The Hall–Kier alpha value is -1.40. The summed E-state index contributed by atoms with van der Waals surface area (Å²) in [7, 11) is 0. The lowest BCUT2D eigenvalue weighted by Gasteiger charge is -2.21. The van der Waals surface area contributed by atoms with E-state index < -0.39 is 0 Å². The predicted molar refractivity (Wildman–Crippen MR) is 80.7 cm³/mol. The molecular formula is C14H20N2O3S. The average Bonchev–Trinajstić information content (AvgIpc) is 2.52. The van der Waals surface area contributed by atoms with Crippen molar-refractivity contribution < 1.29 is 14.7 Å². The molecule has 0 saturated carbocycles. The van der Waals surface area contributed by atoms with Crippen molar-refractivity contribution in [1.82, 2.24) is 0 Å². The summed E-state index contributed by atoms with van der Waals surface area (Å²) >= 11 is 1.95. The SMILES string of the molecule is NC(=NO)c1ccc(OCCSC2CCOCC2)cc1. The van der Waals surface area contributed by atoms with Crippen LogP contribution < -0.4 is 10.5 Å². The van der Waals surface area contributed by atoms with E-state index in [4.69, 9.17) is 20.4 Å². The summed E-state index contributed by atoms with van der Waals surface area (Å²) in [5, 5.41) is 12.2. The van der Waals surface area contributed by atoms with Crippen molar-refractivity contribution in [3.8, 4) is 5.75 Å². The standard InChI is InChI=1S/C14H20N2O3S/c15-14(16-17)11-1-3-12(4-2-11)19-9-10-20-13-5-7-18-8-6-13/h1-4,13,17H,5-10H2,(H2,15,16). The molecule has 6 heteroatoms. The molecule has 1 fully saturated rings. The second-order valence-corrected chi connectivity index (χ2v) is 5.95. The molecule has 1 saturated heterocycles. The molecule has 5 nitrogen and oxygen atoms in total. The van der Waals surface area contributed by atoms with Gasteiger partial charge in [0.1, 0.15) is 5.75 Å².